The molecular weight excluding hydrogens is 468 g/mol. The minimum Gasteiger partial charge on any atom is -0.495 e. The Kier molecular flexibility index (Phi) is 7.32. The maximum Gasteiger partial charge on any atom is 0.288 e. The predicted octanol–water partition coefficient (Wildman–Crippen LogP) is 3.18. The van der Waals surface area contributed by atoms with Crippen molar-refractivity contribution in [2.24, 2.45) is 5.92 Å². The molecule has 35 heavy (non-hydrogen) atoms. The second-order valence-electron chi connectivity index (χ2n) is 8.65. The number of ether oxygens (including phenoxy) is 1. The van der Waals surface area contributed by atoms with Crippen LogP contribution >= 0.6 is 0 Å². The minimum absolute atomic E-state index is 0.0506. The highest BCUT2D eigenvalue weighted by Crippen LogP contribution is 2.29. The van der Waals surface area contributed by atoms with Gasteiger partial charge < -0.3 is 4.74 Å². The van der Waals surface area contributed by atoms with Gasteiger partial charge in [-0.3, -0.25) is 20.4 Å². The van der Waals surface area contributed by atoms with Gasteiger partial charge in [0.1, 0.15) is 16.3 Å². The Morgan fingerprint density at radius 3 is 2.49 bits per heavy atom. The van der Waals surface area contributed by atoms with Gasteiger partial charge in [0, 0.05) is 17.0 Å². The van der Waals surface area contributed by atoms with E-state index in [0.717, 1.165) is 31.1 Å². The Hall–Kier alpha value is -3.50. The number of nitrogens with zero attached hydrogens (tertiary/aromatic N) is 1. The standard InChI is InChI=1S/C25H28N4O5S/c1-16-7-3-5-9-19(16)29-35(32,33)23-15-18(12-14-22(23)34-2)24(30)27-28-25(31)21-13-11-17-8-4-6-10-20(17)26-21/h4,6,8,10-16,19,29H,3,5,7,9H2,1-2H3,(H,27,30)(H,28,31). The number of aromatic nitrogens is 1. The average molecular weight is 497 g/mol. The maximum absolute atomic E-state index is 13.2. The number of rotatable bonds is 6. The zero-order chi connectivity index (χ0) is 25.0. The van der Waals surface area contributed by atoms with Crippen LogP contribution in [0.5, 0.6) is 5.75 Å². The number of fused-ring (bicyclic) bond motifs is 1. The first-order valence-electron chi connectivity index (χ1n) is 11.5. The van der Waals surface area contributed by atoms with Crippen molar-refractivity contribution in [1.82, 2.24) is 20.6 Å². The van der Waals surface area contributed by atoms with Crippen LogP contribution in [-0.4, -0.2) is 38.4 Å². The summed E-state index contributed by atoms with van der Waals surface area (Å²) in [6, 6.07) is 14.6. The lowest BCUT2D eigenvalue weighted by Gasteiger charge is -2.29. The molecule has 10 heteroatoms. The number of benzene rings is 2. The highest BCUT2D eigenvalue weighted by atomic mass is 32.2. The monoisotopic (exact) mass is 496 g/mol. The van der Waals surface area contributed by atoms with E-state index >= 15 is 0 Å². The van der Waals surface area contributed by atoms with Crippen molar-refractivity contribution in [3.63, 3.8) is 0 Å². The molecule has 3 N–H and O–H groups in total. The first kappa shape index (κ1) is 24.6. The van der Waals surface area contributed by atoms with Gasteiger partial charge in [0.25, 0.3) is 11.8 Å². The third kappa shape index (κ3) is 5.60. The number of pyridine rings is 1. The fraction of sp³-hybridized carbons (Fsp3) is 0.320. The number of hydrogen-bond donors (Lipinski definition) is 3. The lowest BCUT2D eigenvalue weighted by Crippen LogP contribution is -2.42. The molecule has 1 fully saturated rings. The number of para-hydroxylation sites is 1. The summed E-state index contributed by atoms with van der Waals surface area (Å²) in [7, 11) is -2.57. The van der Waals surface area contributed by atoms with E-state index in [1.54, 1.807) is 18.2 Å². The molecule has 2 aromatic carbocycles. The number of carbonyl (C=O) groups is 2. The SMILES string of the molecule is COc1ccc(C(=O)NNC(=O)c2ccc3ccccc3n2)cc1S(=O)(=O)NC1CCCCC1C. The molecule has 1 aromatic heterocycles. The smallest absolute Gasteiger partial charge is 0.288 e. The molecule has 0 saturated heterocycles. The summed E-state index contributed by atoms with van der Waals surface area (Å²) in [6.07, 6.45) is 3.76. The van der Waals surface area contributed by atoms with Crippen LogP contribution in [-0.2, 0) is 10.0 Å². The molecule has 9 nitrogen and oxygen atoms in total. The molecule has 2 amide bonds. The van der Waals surface area contributed by atoms with E-state index in [1.165, 1.54) is 25.3 Å². The zero-order valence-electron chi connectivity index (χ0n) is 19.6. The lowest BCUT2D eigenvalue weighted by molar-refractivity contribution is 0.0844. The van der Waals surface area contributed by atoms with E-state index in [4.69, 9.17) is 4.74 Å². The fourth-order valence-electron chi connectivity index (χ4n) is 4.22. The Morgan fingerprint density at radius 1 is 0.971 bits per heavy atom. The highest BCUT2D eigenvalue weighted by molar-refractivity contribution is 7.89. The van der Waals surface area contributed by atoms with Crippen LogP contribution in [0.4, 0.5) is 0 Å². The summed E-state index contributed by atoms with van der Waals surface area (Å²) in [5.41, 5.74) is 5.47. The number of methoxy groups -OCH3 is 1. The van der Waals surface area contributed by atoms with Crippen LogP contribution in [0.2, 0.25) is 0 Å². The second-order valence-corrected chi connectivity index (χ2v) is 10.3. The third-order valence-electron chi connectivity index (χ3n) is 6.25. The average Bonchev–Trinajstić information content (AvgIpc) is 2.87. The van der Waals surface area contributed by atoms with E-state index in [-0.39, 0.29) is 33.9 Å². The molecule has 0 radical (unpaired) electrons. The van der Waals surface area contributed by atoms with Gasteiger partial charge in [-0.1, -0.05) is 44.0 Å². The van der Waals surface area contributed by atoms with Crippen LogP contribution < -0.4 is 20.3 Å². The van der Waals surface area contributed by atoms with Gasteiger partial charge in [0.05, 0.1) is 12.6 Å². The van der Waals surface area contributed by atoms with Crippen molar-refractivity contribution in [3.8, 4) is 5.75 Å². The molecular formula is C25H28N4O5S. The number of hydrazine groups is 1. The van der Waals surface area contributed by atoms with Crippen molar-refractivity contribution >= 4 is 32.7 Å². The summed E-state index contributed by atoms with van der Waals surface area (Å²) in [5.74, 6) is -0.931. The molecule has 0 bridgehead atoms. The summed E-state index contributed by atoms with van der Waals surface area (Å²) >= 11 is 0. The Balaban J connectivity index is 1.48. The summed E-state index contributed by atoms with van der Waals surface area (Å²) in [4.78, 5) is 29.4. The van der Waals surface area contributed by atoms with Crippen molar-refractivity contribution in [2.45, 2.75) is 43.5 Å². The van der Waals surface area contributed by atoms with Crippen LogP contribution in [0.15, 0.2) is 59.5 Å². The first-order chi connectivity index (χ1) is 16.8. The van der Waals surface area contributed by atoms with Crippen LogP contribution in [0.25, 0.3) is 10.9 Å². The second kappa shape index (κ2) is 10.4. The number of sulfonamides is 1. The topological polar surface area (TPSA) is 126 Å². The number of nitrogens with one attached hydrogen (secondary N) is 3. The van der Waals surface area contributed by atoms with Crippen LogP contribution in [0.3, 0.4) is 0 Å². The summed E-state index contributed by atoms with van der Waals surface area (Å²) < 4.78 is 34.3. The minimum atomic E-state index is -3.94. The fourth-order valence-corrected chi connectivity index (χ4v) is 5.80. The van der Waals surface area contributed by atoms with Crippen LogP contribution in [0, 0.1) is 5.92 Å². The summed E-state index contributed by atoms with van der Waals surface area (Å²) in [6.45, 7) is 2.03. The van der Waals surface area contributed by atoms with Crippen molar-refractivity contribution in [2.75, 3.05) is 7.11 Å². The van der Waals surface area contributed by atoms with Gasteiger partial charge in [0.2, 0.25) is 10.0 Å². The molecule has 2 atom stereocenters. The Bertz CT molecular complexity index is 1360. The van der Waals surface area contributed by atoms with Gasteiger partial charge in [-0.05, 0) is 49.1 Å². The van der Waals surface area contributed by atoms with Gasteiger partial charge in [-0.15, -0.1) is 0 Å². The van der Waals surface area contributed by atoms with Crippen LogP contribution in [0.1, 0.15) is 53.5 Å². The maximum atomic E-state index is 13.2. The third-order valence-corrected chi connectivity index (χ3v) is 7.77. The van der Waals surface area contributed by atoms with E-state index in [0.29, 0.717) is 5.52 Å². The van der Waals surface area contributed by atoms with Crippen molar-refractivity contribution in [3.05, 3.63) is 65.9 Å². The summed E-state index contributed by atoms with van der Waals surface area (Å²) in [5, 5.41) is 0.885. The number of hydrogen-bond acceptors (Lipinski definition) is 6. The van der Waals surface area contributed by atoms with E-state index in [9.17, 15) is 18.0 Å². The van der Waals surface area contributed by atoms with Gasteiger partial charge in [-0.2, -0.15) is 0 Å². The largest absolute Gasteiger partial charge is 0.495 e. The molecule has 184 valence electrons. The number of amides is 2. The highest BCUT2D eigenvalue weighted by Gasteiger charge is 2.29. The molecule has 2 unspecified atom stereocenters. The van der Waals surface area contributed by atoms with Crippen molar-refractivity contribution in [1.29, 1.82) is 0 Å². The zero-order valence-corrected chi connectivity index (χ0v) is 20.4. The first-order valence-corrected chi connectivity index (χ1v) is 12.9. The molecule has 1 aliphatic rings. The number of carbonyl (C=O) groups excluding carboxylic acids is 2. The Labute approximate surface area is 204 Å². The van der Waals surface area contributed by atoms with E-state index in [1.807, 2.05) is 25.1 Å². The molecule has 1 heterocycles. The molecule has 3 aromatic rings. The normalized spacial score (nSPS) is 18.1. The molecule has 1 saturated carbocycles. The molecule has 0 aliphatic heterocycles. The van der Waals surface area contributed by atoms with Gasteiger partial charge in [0.15, 0.2) is 0 Å². The predicted molar refractivity (Wildman–Crippen MR) is 131 cm³/mol. The van der Waals surface area contributed by atoms with Gasteiger partial charge in [-0.25, -0.2) is 18.1 Å². The molecule has 1 aliphatic carbocycles. The quantitative estimate of drug-likeness (QED) is 0.450. The van der Waals surface area contributed by atoms with Gasteiger partial charge >= 0.3 is 0 Å². The lowest BCUT2D eigenvalue weighted by atomic mass is 9.87. The molecule has 4 rings (SSSR count). The van der Waals surface area contributed by atoms with E-state index in [2.05, 4.69) is 20.6 Å². The van der Waals surface area contributed by atoms with Crippen molar-refractivity contribution < 1.29 is 22.7 Å². The Morgan fingerprint density at radius 2 is 1.71 bits per heavy atom. The molecule has 0 spiro atoms. The van der Waals surface area contributed by atoms with E-state index < -0.39 is 21.8 Å².